The highest BCUT2D eigenvalue weighted by Crippen LogP contribution is 2.35. The number of amides is 1. The average Bonchev–Trinajstić information content (AvgIpc) is 3.26. The molecule has 4 rings (SSSR count). The predicted molar refractivity (Wildman–Crippen MR) is 89.5 cm³/mol. The van der Waals surface area contributed by atoms with E-state index in [2.05, 4.69) is 10.1 Å². The smallest absolute Gasteiger partial charge is 0.252 e. The van der Waals surface area contributed by atoms with Gasteiger partial charge in [-0.15, -0.1) is 11.3 Å². The number of nitrogens with zero attached hydrogens (tertiary/aromatic N) is 4. The van der Waals surface area contributed by atoms with Crippen LogP contribution in [0.15, 0.2) is 26.2 Å². The molecule has 4 heterocycles. The van der Waals surface area contributed by atoms with Gasteiger partial charge in [-0.1, -0.05) is 11.2 Å². The van der Waals surface area contributed by atoms with Gasteiger partial charge in [-0.05, 0) is 24.3 Å². The van der Waals surface area contributed by atoms with E-state index in [1.54, 1.807) is 22.4 Å². The standard InChI is InChI=1S/C15H18N4O4S2/c1-10(20)19-6-2-4-12(19)15-16-14(17-23-15)11-8-18(9-11)25(21,22)13-5-3-7-24-13/h3,5,7,11-12H,2,4,6,8-9H2,1H3. The summed E-state index contributed by atoms with van der Waals surface area (Å²) in [7, 11) is -3.42. The van der Waals surface area contributed by atoms with Crippen molar-refractivity contribution in [3.8, 4) is 0 Å². The minimum atomic E-state index is -3.42. The van der Waals surface area contributed by atoms with Gasteiger partial charge < -0.3 is 9.42 Å². The van der Waals surface area contributed by atoms with Crippen LogP contribution in [0.4, 0.5) is 0 Å². The number of carbonyl (C=O) groups is 1. The Morgan fingerprint density at radius 1 is 1.40 bits per heavy atom. The number of sulfonamides is 1. The topological polar surface area (TPSA) is 96.6 Å². The van der Waals surface area contributed by atoms with Crippen LogP contribution in [0.1, 0.15) is 43.4 Å². The van der Waals surface area contributed by atoms with Crippen molar-refractivity contribution in [1.82, 2.24) is 19.3 Å². The molecule has 0 N–H and O–H groups in total. The molecule has 0 bridgehead atoms. The fourth-order valence-corrected chi connectivity index (χ4v) is 5.96. The molecule has 8 nitrogen and oxygen atoms in total. The zero-order chi connectivity index (χ0) is 17.6. The first kappa shape index (κ1) is 16.7. The van der Waals surface area contributed by atoms with Gasteiger partial charge in [0.1, 0.15) is 10.3 Å². The summed E-state index contributed by atoms with van der Waals surface area (Å²) in [6.07, 6.45) is 1.73. The highest BCUT2D eigenvalue weighted by atomic mass is 32.2. The Morgan fingerprint density at radius 2 is 2.20 bits per heavy atom. The van der Waals surface area contributed by atoms with Gasteiger partial charge in [-0.3, -0.25) is 4.79 Å². The van der Waals surface area contributed by atoms with E-state index in [-0.39, 0.29) is 17.9 Å². The highest BCUT2D eigenvalue weighted by Gasteiger charge is 2.41. The molecule has 0 aliphatic carbocycles. The van der Waals surface area contributed by atoms with Gasteiger partial charge >= 0.3 is 0 Å². The fourth-order valence-electron chi connectivity index (χ4n) is 3.28. The first-order valence-electron chi connectivity index (χ1n) is 8.11. The van der Waals surface area contributed by atoms with Crippen LogP contribution in [0.5, 0.6) is 0 Å². The quantitative estimate of drug-likeness (QED) is 0.797. The molecule has 0 saturated carbocycles. The number of hydrogen-bond acceptors (Lipinski definition) is 7. The van der Waals surface area contributed by atoms with Crippen LogP contribution in [0, 0.1) is 0 Å². The van der Waals surface area contributed by atoms with Gasteiger partial charge in [0.2, 0.25) is 11.8 Å². The second-order valence-electron chi connectivity index (χ2n) is 6.31. The highest BCUT2D eigenvalue weighted by molar-refractivity contribution is 7.91. The lowest BCUT2D eigenvalue weighted by Crippen LogP contribution is -2.48. The summed E-state index contributed by atoms with van der Waals surface area (Å²) in [6.45, 7) is 2.93. The molecule has 2 saturated heterocycles. The molecule has 2 aromatic rings. The van der Waals surface area contributed by atoms with Gasteiger partial charge in [0.15, 0.2) is 5.82 Å². The molecule has 10 heteroatoms. The van der Waals surface area contributed by atoms with E-state index in [9.17, 15) is 13.2 Å². The molecule has 25 heavy (non-hydrogen) atoms. The number of aromatic nitrogens is 2. The summed E-state index contributed by atoms with van der Waals surface area (Å²) in [4.78, 5) is 17.8. The first-order chi connectivity index (χ1) is 12.0. The maximum atomic E-state index is 12.4. The Hall–Kier alpha value is -1.78. The van der Waals surface area contributed by atoms with E-state index in [0.717, 1.165) is 12.8 Å². The second-order valence-corrected chi connectivity index (χ2v) is 9.42. The summed E-state index contributed by atoms with van der Waals surface area (Å²) in [5.74, 6) is 0.892. The van der Waals surface area contributed by atoms with Crippen molar-refractivity contribution in [2.45, 2.75) is 35.9 Å². The maximum absolute atomic E-state index is 12.4. The Bertz CT molecular complexity index is 871. The summed E-state index contributed by atoms with van der Waals surface area (Å²) >= 11 is 1.21. The Balaban J connectivity index is 1.44. The molecule has 0 spiro atoms. The maximum Gasteiger partial charge on any atom is 0.252 e. The minimum absolute atomic E-state index is 0.000824. The van der Waals surface area contributed by atoms with Crippen LogP contribution in [-0.2, 0) is 14.8 Å². The second kappa shape index (κ2) is 6.19. The Morgan fingerprint density at radius 3 is 2.88 bits per heavy atom. The third-order valence-electron chi connectivity index (χ3n) is 4.70. The predicted octanol–water partition coefficient (Wildman–Crippen LogP) is 1.60. The van der Waals surface area contributed by atoms with Crippen molar-refractivity contribution >= 4 is 27.3 Å². The van der Waals surface area contributed by atoms with Gasteiger partial charge in [-0.25, -0.2) is 8.42 Å². The molecule has 1 amide bonds. The molecule has 2 fully saturated rings. The molecule has 2 aliphatic rings. The van der Waals surface area contributed by atoms with Crippen LogP contribution in [0.3, 0.4) is 0 Å². The third kappa shape index (κ3) is 2.87. The van der Waals surface area contributed by atoms with Crippen molar-refractivity contribution < 1.29 is 17.7 Å². The van der Waals surface area contributed by atoms with Crippen LogP contribution >= 0.6 is 11.3 Å². The van der Waals surface area contributed by atoms with Gasteiger partial charge in [0.05, 0.1) is 5.92 Å². The van der Waals surface area contributed by atoms with Crippen LogP contribution in [0.2, 0.25) is 0 Å². The molecule has 2 aliphatic heterocycles. The normalized spacial score (nSPS) is 22.3. The number of carbonyl (C=O) groups excluding carboxylic acids is 1. The lowest BCUT2D eigenvalue weighted by Gasteiger charge is -2.35. The summed E-state index contributed by atoms with van der Waals surface area (Å²) in [6, 6.07) is 3.17. The van der Waals surface area contributed by atoms with Crippen molar-refractivity contribution in [2.75, 3.05) is 19.6 Å². The Labute approximate surface area is 149 Å². The van der Waals surface area contributed by atoms with Crippen molar-refractivity contribution in [2.24, 2.45) is 0 Å². The lowest BCUT2D eigenvalue weighted by molar-refractivity contribution is -0.130. The summed E-state index contributed by atoms with van der Waals surface area (Å²) in [5, 5.41) is 5.76. The molecular weight excluding hydrogens is 364 g/mol. The fraction of sp³-hybridized carbons (Fsp3) is 0.533. The summed E-state index contributed by atoms with van der Waals surface area (Å²) < 4.78 is 32.0. The van der Waals surface area contributed by atoms with Crippen molar-refractivity contribution in [3.63, 3.8) is 0 Å². The van der Waals surface area contributed by atoms with Gasteiger partial charge in [0.25, 0.3) is 10.0 Å². The number of thiophene rings is 1. The van der Waals surface area contributed by atoms with E-state index in [0.29, 0.717) is 35.6 Å². The van der Waals surface area contributed by atoms with Crippen molar-refractivity contribution in [1.29, 1.82) is 0 Å². The number of likely N-dealkylation sites (tertiary alicyclic amines) is 1. The van der Waals surface area contributed by atoms with E-state index >= 15 is 0 Å². The lowest BCUT2D eigenvalue weighted by atomic mass is 10.0. The zero-order valence-corrected chi connectivity index (χ0v) is 15.3. The molecule has 1 unspecified atom stereocenters. The zero-order valence-electron chi connectivity index (χ0n) is 13.7. The van der Waals surface area contributed by atoms with E-state index < -0.39 is 10.0 Å². The first-order valence-corrected chi connectivity index (χ1v) is 10.4. The molecule has 1 atom stereocenters. The third-order valence-corrected chi connectivity index (χ3v) is 7.91. The van der Waals surface area contributed by atoms with E-state index in [1.807, 2.05) is 0 Å². The molecular formula is C15H18N4O4S2. The van der Waals surface area contributed by atoms with E-state index in [1.165, 1.54) is 22.6 Å². The van der Waals surface area contributed by atoms with Crippen LogP contribution in [0.25, 0.3) is 0 Å². The summed E-state index contributed by atoms with van der Waals surface area (Å²) in [5.41, 5.74) is 0. The number of rotatable bonds is 4. The Kier molecular flexibility index (Phi) is 4.13. The average molecular weight is 382 g/mol. The van der Waals surface area contributed by atoms with Crippen LogP contribution < -0.4 is 0 Å². The number of hydrogen-bond donors (Lipinski definition) is 0. The molecule has 134 valence electrons. The molecule has 2 aromatic heterocycles. The largest absolute Gasteiger partial charge is 0.337 e. The van der Waals surface area contributed by atoms with Crippen molar-refractivity contribution in [3.05, 3.63) is 29.2 Å². The van der Waals surface area contributed by atoms with Crippen LogP contribution in [-0.4, -0.2) is 53.3 Å². The monoisotopic (exact) mass is 382 g/mol. The molecule has 0 radical (unpaired) electrons. The minimum Gasteiger partial charge on any atom is -0.337 e. The van der Waals surface area contributed by atoms with Gasteiger partial charge in [-0.2, -0.15) is 9.29 Å². The van der Waals surface area contributed by atoms with Gasteiger partial charge in [0, 0.05) is 26.6 Å². The van der Waals surface area contributed by atoms with E-state index in [4.69, 9.17) is 4.52 Å². The molecule has 0 aromatic carbocycles. The SMILES string of the molecule is CC(=O)N1CCCC1c1nc(C2CN(S(=O)(=O)c3cccs3)C2)no1.